The van der Waals surface area contributed by atoms with E-state index in [1.54, 1.807) is 0 Å². The number of ketones is 1. The average Bonchev–Trinajstić information content (AvgIpc) is 2.40. The summed E-state index contributed by atoms with van der Waals surface area (Å²) in [5.74, 6) is 0.805. The van der Waals surface area contributed by atoms with Crippen molar-refractivity contribution in [1.82, 2.24) is 0 Å². The Labute approximate surface area is 120 Å². The number of carbonyl (C=O) groups excluding carboxylic acids is 1. The van der Waals surface area contributed by atoms with Crippen LogP contribution in [0, 0.1) is 11.8 Å². The van der Waals surface area contributed by atoms with E-state index < -0.39 is 0 Å². The molecule has 0 spiro atoms. The van der Waals surface area contributed by atoms with Crippen molar-refractivity contribution < 1.29 is 27.0 Å². The van der Waals surface area contributed by atoms with E-state index in [2.05, 4.69) is 12.2 Å². The van der Waals surface area contributed by atoms with Gasteiger partial charge in [0.15, 0.2) is 5.78 Å². The van der Waals surface area contributed by atoms with Crippen LogP contribution >= 0.6 is 0 Å². The summed E-state index contributed by atoms with van der Waals surface area (Å²) >= 11 is 0. The van der Waals surface area contributed by atoms with Crippen LogP contribution in [0.2, 0.25) is 0 Å². The first-order valence-corrected chi connectivity index (χ1v) is 6.87. The summed E-state index contributed by atoms with van der Waals surface area (Å²) in [5, 5.41) is 9.98. The van der Waals surface area contributed by atoms with Crippen molar-refractivity contribution in [3.05, 3.63) is 24.0 Å². The molecule has 0 bridgehead atoms. The standard InChI is InChI=1S/C15H22O2.Mn/c16-14(12-7-3-1-4-8-12)11-15(17)13-9-5-2-6-10-13;/h1,3,11-13,16H,2,4-10H2;/b14-11-;. The zero-order valence-electron chi connectivity index (χ0n) is 10.8. The summed E-state index contributed by atoms with van der Waals surface area (Å²) in [6, 6.07) is 0. The SMILES string of the molecule is O=C(/C=C(\O)C1CC=CCC1)C1CCCCC1.[Mn]. The summed E-state index contributed by atoms with van der Waals surface area (Å²) in [5.41, 5.74) is 0. The zero-order valence-corrected chi connectivity index (χ0v) is 12.0. The number of aliphatic hydroxyl groups excluding tert-OH is 1. The van der Waals surface area contributed by atoms with Crippen molar-refractivity contribution in [1.29, 1.82) is 0 Å². The van der Waals surface area contributed by atoms with E-state index in [0.717, 1.165) is 44.9 Å². The molecule has 2 aliphatic rings. The summed E-state index contributed by atoms with van der Waals surface area (Å²) in [6.07, 6.45) is 14.2. The van der Waals surface area contributed by atoms with Gasteiger partial charge in [0, 0.05) is 35.0 Å². The smallest absolute Gasteiger partial charge is 0.162 e. The molecule has 18 heavy (non-hydrogen) atoms. The fraction of sp³-hybridized carbons (Fsp3) is 0.667. The fourth-order valence-corrected chi connectivity index (χ4v) is 2.83. The van der Waals surface area contributed by atoms with Crippen LogP contribution in [0.1, 0.15) is 51.4 Å². The molecule has 0 amide bonds. The Kier molecular flexibility index (Phi) is 6.73. The maximum absolute atomic E-state index is 12.0. The van der Waals surface area contributed by atoms with Crippen molar-refractivity contribution in [3.63, 3.8) is 0 Å². The summed E-state index contributed by atoms with van der Waals surface area (Å²) < 4.78 is 0. The Morgan fingerprint density at radius 3 is 2.39 bits per heavy atom. The Hall–Kier alpha value is -0.531. The van der Waals surface area contributed by atoms with Gasteiger partial charge in [0.2, 0.25) is 0 Å². The molecule has 101 valence electrons. The van der Waals surface area contributed by atoms with E-state index in [4.69, 9.17) is 0 Å². The predicted octanol–water partition coefficient (Wildman–Crippen LogP) is 3.93. The third kappa shape index (κ3) is 4.29. The number of rotatable bonds is 3. The molecule has 2 nitrogen and oxygen atoms in total. The van der Waals surface area contributed by atoms with Crippen LogP contribution in [0.15, 0.2) is 24.0 Å². The second-order valence-electron chi connectivity index (χ2n) is 5.29. The van der Waals surface area contributed by atoms with Gasteiger partial charge in [-0.25, -0.2) is 0 Å². The molecule has 0 aromatic rings. The maximum atomic E-state index is 12.0. The minimum Gasteiger partial charge on any atom is -0.512 e. The average molecular weight is 289 g/mol. The Morgan fingerprint density at radius 2 is 1.78 bits per heavy atom. The second-order valence-corrected chi connectivity index (χ2v) is 5.29. The normalized spacial score (nSPS) is 25.6. The number of carbonyl (C=O) groups is 1. The van der Waals surface area contributed by atoms with Crippen LogP contribution < -0.4 is 0 Å². The first-order chi connectivity index (χ1) is 8.27. The largest absolute Gasteiger partial charge is 0.512 e. The molecule has 1 atom stereocenters. The third-order valence-electron chi connectivity index (χ3n) is 3.99. The first-order valence-electron chi connectivity index (χ1n) is 6.87. The van der Waals surface area contributed by atoms with Crippen molar-refractivity contribution in [2.24, 2.45) is 11.8 Å². The quantitative estimate of drug-likeness (QED) is 0.370. The van der Waals surface area contributed by atoms with Gasteiger partial charge < -0.3 is 5.11 Å². The van der Waals surface area contributed by atoms with Crippen LogP contribution in [-0.4, -0.2) is 10.9 Å². The number of hydrogen-bond acceptors (Lipinski definition) is 2. The number of allylic oxidation sites excluding steroid dienone is 4. The van der Waals surface area contributed by atoms with Gasteiger partial charge in [-0.05, 0) is 32.1 Å². The molecular weight excluding hydrogens is 267 g/mol. The van der Waals surface area contributed by atoms with Gasteiger partial charge in [-0.15, -0.1) is 0 Å². The monoisotopic (exact) mass is 289 g/mol. The van der Waals surface area contributed by atoms with Crippen LogP contribution in [0.4, 0.5) is 0 Å². The molecule has 1 saturated carbocycles. The minimum atomic E-state index is 0. The molecule has 1 radical (unpaired) electrons. The molecule has 1 fully saturated rings. The second kappa shape index (κ2) is 7.81. The van der Waals surface area contributed by atoms with Gasteiger partial charge in [-0.3, -0.25) is 4.79 Å². The van der Waals surface area contributed by atoms with Crippen molar-refractivity contribution in [3.8, 4) is 0 Å². The van der Waals surface area contributed by atoms with Crippen LogP contribution in [0.5, 0.6) is 0 Å². The van der Waals surface area contributed by atoms with E-state index in [1.807, 2.05) is 0 Å². The molecule has 0 aromatic heterocycles. The molecule has 1 N–H and O–H groups in total. The first kappa shape index (κ1) is 15.5. The van der Waals surface area contributed by atoms with Crippen LogP contribution in [-0.2, 0) is 21.9 Å². The van der Waals surface area contributed by atoms with Crippen molar-refractivity contribution in [2.75, 3.05) is 0 Å². The van der Waals surface area contributed by atoms with Crippen molar-refractivity contribution >= 4 is 5.78 Å². The minimum absolute atomic E-state index is 0. The Balaban J connectivity index is 0.00000162. The fourth-order valence-electron chi connectivity index (χ4n) is 2.83. The van der Waals surface area contributed by atoms with E-state index in [-0.39, 0.29) is 34.7 Å². The van der Waals surface area contributed by atoms with E-state index in [0.29, 0.717) is 5.76 Å². The van der Waals surface area contributed by atoms with Gasteiger partial charge >= 0.3 is 0 Å². The van der Waals surface area contributed by atoms with Crippen LogP contribution in [0.3, 0.4) is 0 Å². The number of hydrogen-bond donors (Lipinski definition) is 1. The van der Waals surface area contributed by atoms with E-state index in [1.165, 1.54) is 12.5 Å². The molecular formula is C15H22MnO2. The summed E-state index contributed by atoms with van der Waals surface area (Å²) in [6.45, 7) is 0. The Morgan fingerprint density at radius 1 is 1.06 bits per heavy atom. The zero-order chi connectivity index (χ0) is 12.1. The van der Waals surface area contributed by atoms with Gasteiger partial charge in [-0.1, -0.05) is 31.4 Å². The van der Waals surface area contributed by atoms with Gasteiger partial charge in [-0.2, -0.15) is 0 Å². The molecule has 1 unspecified atom stereocenters. The predicted molar refractivity (Wildman–Crippen MR) is 68.8 cm³/mol. The molecule has 0 saturated heterocycles. The van der Waals surface area contributed by atoms with E-state index in [9.17, 15) is 9.90 Å². The van der Waals surface area contributed by atoms with Crippen LogP contribution in [0.25, 0.3) is 0 Å². The number of aliphatic hydroxyl groups is 1. The molecule has 2 aliphatic carbocycles. The molecule has 0 heterocycles. The van der Waals surface area contributed by atoms with Gasteiger partial charge in [0.1, 0.15) is 0 Å². The summed E-state index contributed by atoms with van der Waals surface area (Å²) in [7, 11) is 0. The maximum Gasteiger partial charge on any atom is 0.162 e. The third-order valence-corrected chi connectivity index (χ3v) is 3.99. The van der Waals surface area contributed by atoms with Crippen molar-refractivity contribution in [2.45, 2.75) is 51.4 Å². The van der Waals surface area contributed by atoms with Gasteiger partial charge in [0.05, 0.1) is 5.76 Å². The summed E-state index contributed by atoms with van der Waals surface area (Å²) in [4.78, 5) is 12.0. The van der Waals surface area contributed by atoms with E-state index >= 15 is 0 Å². The Bertz CT molecular complexity index is 327. The topological polar surface area (TPSA) is 37.3 Å². The molecule has 0 aromatic carbocycles. The molecule has 3 heteroatoms. The van der Waals surface area contributed by atoms with Gasteiger partial charge in [0.25, 0.3) is 0 Å². The molecule has 0 aliphatic heterocycles. The molecule has 2 rings (SSSR count).